The number of likely N-dealkylation sites (tertiary alicyclic amines) is 1. The van der Waals surface area contributed by atoms with Crippen LogP contribution < -0.4 is 10.1 Å². The molecule has 0 bridgehead atoms. The standard InChI is InChI=1S/C18H26N2O4/c1-4-24-18(22)14-8-7-11-20(12-14)13(2)17(21)19-15-9-5-6-10-16(15)23-3/h5-6,9-10,13-14H,4,7-8,11-12H2,1-3H3,(H,19,21)/t13-,14-/m1/s1. The minimum atomic E-state index is -0.327. The zero-order valence-electron chi connectivity index (χ0n) is 14.6. The highest BCUT2D eigenvalue weighted by atomic mass is 16.5. The summed E-state index contributed by atoms with van der Waals surface area (Å²) in [6.45, 7) is 5.41. The summed E-state index contributed by atoms with van der Waals surface area (Å²) in [6, 6.07) is 6.98. The van der Waals surface area contributed by atoms with Crippen LogP contribution in [0.2, 0.25) is 0 Å². The second-order valence-corrected chi connectivity index (χ2v) is 5.95. The van der Waals surface area contributed by atoms with Gasteiger partial charge in [-0.1, -0.05) is 12.1 Å². The summed E-state index contributed by atoms with van der Waals surface area (Å²) in [7, 11) is 1.57. The van der Waals surface area contributed by atoms with E-state index in [9.17, 15) is 9.59 Å². The summed E-state index contributed by atoms with van der Waals surface area (Å²) in [6.07, 6.45) is 1.70. The fourth-order valence-electron chi connectivity index (χ4n) is 2.96. The Kier molecular flexibility index (Phi) is 6.61. The highest BCUT2D eigenvalue weighted by molar-refractivity contribution is 5.95. The van der Waals surface area contributed by atoms with E-state index in [-0.39, 0.29) is 23.8 Å². The Bertz CT molecular complexity index is 576. The molecule has 0 saturated carbocycles. The Labute approximate surface area is 143 Å². The average Bonchev–Trinajstić information content (AvgIpc) is 2.61. The third-order valence-corrected chi connectivity index (χ3v) is 4.36. The number of nitrogens with zero attached hydrogens (tertiary/aromatic N) is 1. The third kappa shape index (κ3) is 4.47. The first-order chi connectivity index (χ1) is 11.6. The zero-order chi connectivity index (χ0) is 17.5. The molecule has 0 aliphatic carbocycles. The number of nitrogens with one attached hydrogen (secondary N) is 1. The predicted octanol–water partition coefficient (Wildman–Crippen LogP) is 2.30. The number of rotatable bonds is 6. The van der Waals surface area contributed by atoms with Gasteiger partial charge in [0.2, 0.25) is 5.91 Å². The summed E-state index contributed by atoms with van der Waals surface area (Å²) in [5.74, 6) is 0.199. The molecule has 1 fully saturated rings. The molecule has 2 atom stereocenters. The van der Waals surface area contributed by atoms with E-state index in [1.54, 1.807) is 19.2 Å². The fraction of sp³-hybridized carbons (Fsp3) is 0.556. The number of esters is 1. The Morgan fingerprint density at radius 1 is 1.38 bits per heavy atom. The summed E-state index contributed by atoms with van der Waals surface area (Å²) in [5.41, 5.74) is 0.649. The van der Waals surface area contributed by atoms with Gasteiger partial charge in [-0.2, -0.15) is 0 Å². The Balaban J connectivity index is 1.98. The number of piperidine rings is 1. The molecule has 132 valence electrons. The van der Waals surface area contributed by atoms with Crippen LogP contribution >= 0.6 is 0 Å². The predicted molar refractivity (Wildman–Crippen MR) is 92.0 cm³/mol. The number of carbonyl (C=O) groups is 2. The first-order valence-electron chi connectivity index (χ1n) is 8.41. The minimum Gasteiger partial charge on any atom is -0.495 e. The molecule has 0 aromatic heterocycles. The van der Waals surface area contributed by atoms with Crippen LogP contribution in [-0.2, 0) is 14.3 Å². The maximum Gasteiger partial charge on any atom is 0.310 e. The van der Waals surface area contributed by atoms with Gasteiger partial charge < -0.3 is 14.8 Å². The number of ether oxygens (including phenoxy) is 2. The number of para-hydroxylation sites is 2. The van der Waals surface area contributed by atoms with E-state index in [2.05, 4.69) is 5.32 Å². The van der Waals surface area contributed by atoms with Crippen molar-refractivity contribution < 1.29 is 19.1 Å². The van der Waals surface area contributed by atoms with Gasteiger partial charge in [-0.25, -0.2) is 0 Å². The first-order valence-corrected chi connectivity index (χ1v) is 8.41. The van der Waals surface area contributed by atoms with E-state index in [1.165, 1.54) is 0 Å². The maximum absolute atomic E-state index is 12.6. The van der Waals surface area contributed by atoms with Crippen LogP contribution in [0.1, 0.15) is 26.7 Å². The number of anilines is 1. The molecule has 1 saturated heterocycles. The second kappa shape index (κ2) is 8.68. The fourth-order valence-corrected chi connectivity index (χ4v) is 2.96. The number of amides is 1. The van der Waals surface area contributed by atoms with Crippen LogP contribution in [0.15, 0.2) is 24.3 Å². The van der Waals surface area contributed by atoms with Gasteiger partial charge in [-0.05, 0) is 45.4 Å². The van der Waals surface area contributed by atoms with Gasteiger partial charge in [0.05, 0.1) is 31.4 Å². The SMILES string of the molecule is CCOC(=O)[C@@H]1CCCN([C@H](C)C(=O)Nc2ccccc2OC)C1. The highest BCUT2D eigenvalue weighted by Crippen LogP contribution is 2.24. The van der Waals surface area contributed by atoms with Crippen molar-refractivity contribution in [3.8, 4) is 5.75 Å². The van der Waals surface area contributed by atoms with E-state index in [4.69, 9.17) is 9.47 Å². The summed E-state index contributed by atoms with van der Waals surface area (Å²) in [4.78, 5) is 26.5. The number of hydrogen-bond donors (Lipinski definition) is 1. The third-order valence-electron chi connectivity index (χ3n) is 4.36. The van der Waals surface area contributed by atoms with Crippen molar-refractivity contribution in [2.24, 2.45) is 5.92 Å². The lowest BCUT2D eigenvalue weighted by atomic mass is 9.97. The molecule has 1 amide bonds. The van der Waals surface area contributed by atoms with E-state index >= 15 is 0 Å². The van der Waals surface area contributed by atoms with Gasteiger partial charge in [0.25, 0.3) is 0 Å². The van der Waals surface area contributed by atoms with Crippen LogP contribution in [0, 0.1) is 5.92 Å². The Morgan fingerprint density at radius 2 is 2.12 bits per heavy atom. The smallest absolute Gasteiger partial charge is 0.310 e. The molecular weight excluding hydrogens is 308 g/mol. The largest absolute Gasteiger partial charge is 0.495 e. The monoisotopic (exact) mass is 334 g/mol. The van der Waals surface area contributed by atoms with Crippen molar-refractivity contribution in [3.63, 3.8) is 0 Å². The van der Waals surface area contributed by atoms with E-state index in [1.807, 2.05) is 30.9 Å². The van der Waals surface area contributed by atoms with Gasteiger partial charge >= 0.3 is 5.97 Å². The van der Waals surface area contributed by atoms with Gasteiger partial charge in [0.1, 0.15) is 5.75 Å². The molecule has 0 unspecified atom stereocenters. The molecule has 1 aliphatic heterocycles. The Morgan fingerprint density at radius 3 is 2.83 bits per heavy atom. The van der Waals surface area contributed by atoms with Crippen LogP contribution in [0.3, 0.4) is 0 Å². The number of methoxy groups -OCH3 is 1. The molecular formula is C18H26N2O4. The summed E-state index contributed by atoms with van der Waals surface area (Å²) < 4.78 is 10.4. The van der Waals surface area contributed by atoms with Crippen molar-refractivity contribution in [3.05, 3.63) is 24.3 Å². The summed E-state index contributed by atoms with van der Waals surface area (Å²) >= 11 is 0. The highest BCUT2D eigenvalue weighted by Gasteiger charge is 2.31. The van der Waals surface area contributed by atoms with Gasteiger partial charge in [0, 0.05) is 6.54 Å². The number of hydrogen-bond acceptors (Lipinski definition) is 5. The molecule has 6 heteroatoms. The topological polar surface area (TPSA) is 67.9 Å². The van der Waals surface area contributed by atoms with E-state index in [0.29, 0.717) is 24.6 Å². The lowest BCUT2D eigenvalue weighted by Crippen LogP contribution is -2.48. The molecule has 0 radical (unpaired) electrons. The van der Waals surface area contributed by atoms with Crippen molar-refractivity contribution in [2.45, 2.75) is 32.7 Å². The Hall–Kier alpha value is -2.08. The molecule has 1 N–H and O–H groups in total. The second-order valence-electron chi connectivity index (χ2n) is 5.95. The molecule has 1 aromatic rings. The van der Waals surface area contributed by atoms with E-state index in [0.717, 1.165) is 19.4 Å². The normalized spacial score (nSPS) is 19.4. The van der Waals surface area contributed by atoms with Crippen molar-refractivity contribution in [1.82, 2.24) is 4.90 Å². The molecule has 6 nitrogen and oxygen atoms in total. The molecule has 2 rings (SSSR count). The van der Waals surface area contributed by atoms with Gasteiger partial charge in [-0.3, -0.25) is 14.5 Å². The number of carbonyl (C=O) groups excluding carboxylic acids is 2. The van der Waals surface area contributed by atoms with Crippen molar-refractivity contribution >= 4 is 17.6 Å². The van der Waals surface area contributed by atoms with Crippen molar-refractivity contribution in [1.29, 1.82) is 0 Å². The van der Waals surface area contributed by atoms with Crippen molar-refractivity contribution in [2.75, 3.05) is 32.1 Å². The lowest BCUT2D eigenvalue weighted by molar-refractivity contribution is -0.150. The average molecular weight is 334 g/mol. The lowest BCUT2D eigenvalue weighted by Gasteiger charge is -2.35. The minimum absolute atomic E-state index is 0.107. The van der Waals surface area contributed by atoms with Crippen LogP contribution in [0.5, 0.6) is 5.75 Å². The molecule has 24 heavy (non-hydrogen) atoms. The van der Waals surface area contributed by atoms with Gasteiger partial charge in [-0.15, -0.1) is 0 Å². The number of benzene rings is 1. The first kappa shape index (κ1) is 18.3. The summed E-state index contributed by atoms with van der Waals surface area (Å²) in [5, 5.41) is 2.91. The quantitative estimate of drug-likeness (QED) is 0.809. The van der Waals surface area contributed by atoms with Crippen LogP contribution in [0.25, 0.3) is 0 Å². The van der Waals surface area contributed by atoms with Crippen LogP contribution in [0.4, 0.5) is 5.69 Å². The van der Waals surface area contributed by atoms with Crippen LogP contribution in [-0.4, -0.2) is 49.6 Å². The molecule has 0 spiro atoms. The molecule has 1 aliphatic rings. The molecule has 1 aromatic carbocycles. The van der Waals surface area contributed by atoms with Gasteiger partial charge in [0.15, 0.2) is 0 Å². The zero-order valence-corrected chi connectivity index (χ0v) is 14.6. The maximum atomic E-state index is 12.6. The van der Waals surface area contributed by atoms with E-state index < -0.39 is 0 Å². The molecule has 1 heterocycles.